The maximum atomic E-state index is 13.2. The van der Waals surface area contributed by atoms with E-state index in [4.69, 9.17) is 14.2 Å². The molecule has 1 N–H and O–H groups in total. The van der Waals surface area contributed by atoms with E-state index in [9.17, 15) is 9.59 Å². The number of methoxy groups -OCH3 is 3. The largest absolute Gasteiger partial charge is 0.497 e. The Morgan fingerprint density at radius 2 is 1.62 bits per heavy atom. The molecule has 0 radical (unpaired) electrons. The molecule has 1 fully saturated rings. The quantitative estimate of drug-likeness (QED) is 0.681. The van der Waals surface area contributed by atoms with Crippen molar-refractivity contribution in [3.63, 3.8) is 0 Å². The van der Waals surface area contributed by atoms with Gasteiger partial charge in [0.25, 0.3) is 5.91 Å². The van der Waals surface area contributed by atoms with Crippen molar-refractivity contribution in [3.05, 3.63) is 53.6 Å². The lowest BCUT2D eigenvalue weighted by molar-refractivity contribution is -0.125. The summed E-state index contributed by atoms with van der Waals surface area (Å²) in [4.78, 5) is 28.1. The molecule has 2 aromatic carbocycles. The van der Waals surface area contributed by atoms with Crippen molar-refractivity contribution >= 4 is 11.8 Å². The fraction of sp³-hybridized carbons (Fsp3) is 0.440. The van der Waals surface area contributed by atoms with Gasteiger partial charge >= 0.3 is 0 Å². The second-order valence-electron chi connectivity index (χ2n) is 8.40. The number of likely N-dealkylation sites (tertiary alicyclic amines) is 1. The van der Waals surface area contributed by atoms with Crippen molar-refractivity contribution < 1.29 is 23.8 Å². The van der Waals surface area contributed by atoms with Crippen molar-refractivity contribution in [1.29, 1.82) is 0 Å². The van der Waals surface area contributed by atoms with Crippen LogP contribution < -0.4 is 19.5 Å². The van der Waals surface area contributed by atoms with E-state index in [1.165, 1.54) is 0 Å². The van der Waals surface area contributed by atoms with Crippen molar-refractivity contribution in [2.24, 2.45) is 11.8 Å². The van der Waals surface area contributed by atoms with Gasteiger partial charge in [-0.1, -0.05) is 13.8 Å². The molecule has 0 bridgehead atoms. The van der Waals surface area contributed by atoms with Gasteiger partial charge < -0.3 is 24.4 Å². The van der Waals surface area contributed by atoms with Crippen LogP contribution in [-0.4, -0.2) is 57.7 Å². The second kappa shape index (κ2) is 10.4. The molecular formula is C25H32N2O5. The predicted molar refractivity (Wildman–Crippen MR) is 123 cm³/mol. The summed E-state index contributed by atoms with van der Waals surface area (Å²) in [6.07, 6.45) is 0. The first-order valence-corrected chi connectivity index (χ1v) is 10.8. The van der Waals surface area contributed by atoms with Gasteiger partial charge in [-0.3, -0.25) is 9.59 Å². The maximum absolute atomic E-state index is 13.2. The summed E-state index contributed by atoms with van der Waals surface area (Å²) < 4.78 is 16.2. The summed E-state index contributed by atoms with van der Waals surface area (Å²) in [7, 11) is 4.80. The smallest absolute Gasteiger partial charge is 0.253 e. The predicted octanol–water partition coefficient (Wildman–Crippen LogP) is 3.34. The molecule has 1 saturated heterocycles. The summed E-state index contributed by atoms with van der Waals surface area (Å²) in [5, 5.41) is 3.04. The number of hydrogen-bond acceptors (Lipinski definition) is 5. The van der Waals surface area contributed by atoms with Crippen LogP contribution in [0.1, 0.15) is 35.7 Å². The van der Waals surface area contributed by atoms with Gasteiger partial charge in [-0.2, -0.15) is 0 Å². The van der Waals surface area contributed by atoms with Gasteiger partial charge in [-0.25, -0.2) is 0 Å². The molecule has 1 aliphatic heterocycles. The van der Waals surface area contributed by atoms with Crippen LogP contribution >= 0.6 is 0 Å². The minimum absolute atomic E-state index is 0.0568. The number of benzene rings is 2. The average molecular weight is 441 g/mol. The van der Waals surface area contributed by atoms with Crippen LogP contribution in [0.15, 0.2) is 42.5 Å². The zero-order chi connectivity index (χ0) is 23.3. The van der Waals surface area contributed by atoms with E-state index in [0.29, 0.717) is 48.4 Å². The summed E-state index contributed by atoms with van der Waals surface area (Å²) in [5.74, 6) is 1.61. The minimum Gasteiger partial charge on any atom is -0.497 e. The molecule has 3 rings (SSSR count). The third kappa shape index (κ3) is 5.15. The van der Waals surface area contributed by atoms with Crippen LogP contribution in [0.5, 0.6) is 17.2 Å². The summed E-state index contributed by atoms with van der Waals surface area (Å²) >= 11 is 0. The molecule has 0 aliphatic carbocycles. The molecule has 0 aromatic heterocycles. The Bertz CT molecular complexity index is 942. The number of carbonyl (C=O) groups is 2. The third-order valence-corrected chi connectivity index (χ3v) is 5.80. The third-order valence-electron chi connectivity index (χ3n) is 5.80. The molecule has 1 aliphatic rings. The first-order chi connectivity index (χ1) is 15.4. The number of ether oxygens (including phenoxy) is 3. The number of hydrogen-bond donors (Lipinski definition) is 1. The SMILES string of the molecule is COc1ccc(C(=O)N2C[C@H](c3cc(OC)ccc3OC)[C@H](C(=O)NCC(C)C)C2)cc1. The number of nitrogens with zero attached hydrogens (tertiary/aromatic N) is 1. The lowest BCUT2D eigenvalue weighted by Crippen LogP contribution is -2.37. The molecule has 7 heteroatoms. The Morgan fingerprint density at radius 3 is 2.22 bits per heavy atom. The van der Waals surface area contributed by atoms with Crippen LogP contribution in [0.25, 0.3) is 0 Å². The Morgan fingerprint density at radius 1 is 0.969 bits per heavy atom. The highest BCUT2D eigenvalue weighted by Gasteiger charge is 2.42. The minimum atomic E-state index is -0.392. The molecule has 2 amide bonds. The van der Waals surface area contributed by atoms with Gasteiger partial charge in [-0.05, 0) is 48.4 Å². The van der Waals surface area contributed by atoms with E-state index >= 15 is 0 Å². The van der Waals surface area contributed by atoms with E-state index in [2.05, 4.69) is 19.2 Å². The van der Waals surface area contributed by atoms with Gasteiger partial charge in [0.05, 0.1) is 27.2 Å². The Hall–Kier alpha value is -3.22. The van der Waals surface area contributed by atoms with Gasteiger partial charge in [-0.15, -0.1) is 0 Å². The number of carbonyl (C=O) groups excluding carboxylic acids is 2. The zero-order valence-corrected chi connectivity index (χ0v) is 19.4. The van der Waals surface area contributed by atoms with Gasteiger partial charge in [0.1, 0.15) is 17.2 Å². The summed E-state index contributed by atoms with van der Waals surface area (Å²) in [6, 6.07) is 12.6. The van der Waals surface area contributed by atoms with E-state index in [1.807, 2.05) is 18.2 Å². The van der Waals surface area contributed by atoms with Crippen LogP contribution in [0.2, 0.25) is 0 Å². The fourth-order valence-corrected chi connectivity index (χ4v) is 4.03. The first kappa shape index (κ1) is 23.4. The Kier molecular flexibility index (Phi) is 7.62. The highest BCUT2D eigenvalue weighted by atomic mass is 16.5. The standard InChI is InChI=1S/C25H32N2O5/c1-16(2)13-26-24(28)22-15-27(25(29)17-6-8-18(30-3)9-7-17)14-21(22)20-12-19(31-4)10-11-23(20)32-5/h6-12,16,21-22H,13-15H2,1-5H3,(H,26,28)/t21-,22-/m1/s1. The molecule has 0 unspecified atom stereocenters. The molecule has 7 nitrogen and oxygen atoms in total. The second-order valence-corrected chi connectivity index (χ2v) is 8.40. The van der Waals surface area contributed by atoms with Crippen LogP contribution in [0.3, 0.4) is 0 Å². The van der Waals surface area contributed by atoms with Crippen LogP contribution in [0.4, 0.5) is 0 Å². The Balaban J connectivity index is 1.92. The van der Waals surface area contributed by atoms with E-state index in [1.54, 1.807) is 50.5 Å². The molecule has 2 atom stereocenters. The van der Waals surface area contributed by atoms with Gasteiger partial charge in [0.2, 0.25) is 5.91 Å². The summed E-state index contributed by atoms with van der Waals surface area (Å²) in [5.41, 5.74) is 1.42. The fourth-order valence-electron chi connectivity index (χ4n) is 4.03. The van der Waals surface area contributed by atoms with Crippen LogP contribution in [0, 0.1) is 11.8 Å². The Labute approximate surface area is 189 Å². The van der Waals surface area contributed by atoms with Gasteiger partial charge in [0, 0.05) is 36.7 Å². The number of rotatable bonds is 8. The van der Waals surface area contributed by atoms with E-state index < -0.39 is 5.92 Å². The van der Waals surface area contributed by atoms with Crippen molar-refractivity contribution in [1.82, 2.24) is 10.2 Å². The average Bonchev–Trinajstić information content (AvgIpc) is 3.27. The monoisotopic (exact) mass is 440 g/mol. The summed E-state index contributed by atoms with van der Waals surface area (Å²) in [6.45, 7) is 5.44. The first-order valence-electron chi connectivity index (χ1n) is 10.8. The topological polar surface area (TPSA) is 77.1 Å². The molecular weight excluding hydrogens is 408 g/mol. The van der Waals surface area contributed by atoms with Gasteiger partial charge in [0.15, 0.2) is 0 Å². The molecule has 2 aromatic rings. The van der Waals surface area contributed by atoms with Crippen molar-refractivity contribution in [3.8, 4) is 17.2 Å². The lowest BCUT2D eigenvalue weighted by Gasteiger charge is -2.21. The molecule has 172 valence electrons. The highest BCUT2D eigenvalue weighted by Crippen LogP contribution is 2.40. The molecule has 1 heterocycles. The molecule has 0 saturated carbocycles. The van der Waals surface area contributed by atoms with E-state index in [-0.39, 0.29) is 17.7 Å². The van der Waals surface area contributed by atoms with Crippen LogP contribution in [-0.2, 0) is 4.79 Å². The molecule has 0 spiro atoms. The van der Waals surface area contributed by atoms with E-state index in [0.717, 1.165) is 5.56 Å². The number of amides is 2. The molecule has 32 heavy (non-hydrogen) atoms. The lowest BCUT2D eigenvalue weighted by atomic mass is 9.87. The maximum Gasteiger partial charge on any atom is 0.253 e. The highest BCUT2D eigenvalue weighted by molar-refractivity contribution is 5.95. The van der Waals surface area contributed by atoms with Crippen molar-refractivity contribution in [2.75, 3.05) is 41.0 Å². The number of nitrogens with one attached hydrogen (secondary N) is 1. The normalized spacial score (nSPS) is 17.9. The zero-order valence-electron chi connectivity index (χ0n) is 19.4. The van der Waals surface area contributed by atoms with Crippen molar-refractivity contribution in [2.45, 2.75) is 19.8 Å².